The first-order chi connectivity index (χ1) is 16.1. The van der Waals surface area contributed by atoms with E-state index in [-0.39, 0.29) is 18.0 Å². The van der Waals surface area contributed by atoms with Crippen LogP contribution in [0, 0.1) is 0 Å². The molecule has 9 heteroatoms. The third kappa shape index (κ3) is 3.23. The van der Waals surface area contributed by atoms with E-state index in [1.807, 2.05) is 30.3 Å². The highest BCUT2D eigenvalue weighted by atomic mass is 16.5. The fourth-order valence-corrected chi connectivity index (χ4v) is 4.88. The maximum Gasteiger partial charge on any atom is 0.277 e. The average Bonchev–Trinajstić information content (AvgIpc) is 3.48. The first-order valence-corrected chi connectivity index (χ1v) is 11.3. The lowest BCUT2D eigenvalue weighted by molar-refractivity contribution is 0.0725. The van der Waals surface area contributed by atoms with Crippen LogP contribution in [-0.4, -0.2) is 49.3 Å². The second-order valence-electron chi connectivity index (χ2n) is 8.65. The van der Waals surface area contributed by atoms with E-state index in [0.717, 1.165) is 59.6 Å². The highest BCUT2D eigenvalue weighted by Crippen LogP contribution is 2.26. The summed E-state index contributed by atoms with van der Waals surface area (Å²) in [5.41, 5.74) is 6.05. The Morgan fingerprint density at radius 1 is 1.09 bits per heavy atom. The zero-order valence-electron chi connectivity index (χ0n) is 18.4. The molecule has 1 aliphatic heterocycles. The number of ether oxygens (including phenoxy) is 1. The second-order valence-corrected chi connectivity index (χ2v) is 8.65. The van der Waals surface area contributed by atoms with Gasteiger partial charge in [0.05, 0.1) is 30.6 Å². The Kier molecular flexibility index (Phi) is 4.56. The lowest BCUT2D eigenvalue weighted by Crippen LogP contribution is -2.40. The Balaban J connectivity index is 1.33. The summed E-state index contributed by atoms with van der Waals surface area (Å²) in [5, 5.41) is 10.5. The summed E-state index contributed by atoms with van der Waals surface area (Å²) >= 11 is 0. The summed E-state index contributed by atoms with van der Waals surface area (Å²) < 4.78 is 6.68. The van der Waals surface area contributed by atoms with Gasteiger partial charge in [0.1, 0.15) is 5.75 Å². The number of nitrogens with zero attached hydrogens (tertiary/aromatic N) is 4. The first-order valence-electron chi connectivity index (χ1n) is 11.3. The second kappa shape index (κ2) is 7.61. The Hall–Kier alpha value is -3.88. The molecule has 0 radical (unpaired) electrons. The Labute approximate surface area is 189 Å². The summed E-state index contributed by atoms with van der Waals surface area (Å²) in [5.74, 6) is 0.651. The van der Waals surface area contributed by atoms with Crippen molar-refractivity contribution in [2.75, 3.05) is 13.7 Å². The van der Waals surface area contributed by atoms with Crippen LogP contribution in [0.3, 0.4) is 0 Å². The molecule has 6 rings (SSSR count). The van der Waals surface area contributed by atoms with Crippen LogP contribution in [0.25, 0.3) is 16.9 Å². The standard InChI is InChI=1S/C24H24N6O3/c1-33-15-8-6-14(7-9-15)20-12-21-25-18-10-11-29(13-17(18)23(31)30(21)28-20)24(32)22-16-4-2-3-5-19(16)26-27-22/h6-9,12,28H,2-5,10-11,13H2,1H3,(H,26,27). The zero-order valence-corrected chi connectivity index (χ0v) is 18.4. The van der Waals surface area contributed by atoms with Crippen LogP contribution < -0.4 is 10.3 Å². The van der Waals surface area contributed by atoms with E-state index in [4.69, 9.17) is 9.72 Å². The third-order valence-corrected chi connectivity index (χ3v) is 6.71. The zero-order chi connectivity index (χ0) is 22.5. The molecule has 9 nitrogen and oxygen atoms in total. The molecule has 33 heavy (non-hydrogen) atoms. The number of hydrogen-bond acceptors (Lipinski definition) is 5. The number of benzene rings is 1. The molecule has 4 aromatic rings. The SMILES string of the molecule is COc1ccc(-c2cc3nc4c(c(=O)n3[nH]2)CN(C(=O)c2n[nH]c3c2CCCC3)CC4)cc1. The molecule has 1 aliphatic carbocycles. The number of fused-ring (bicyclic) bond motifs is 3. The van der Waals surface area contributed by atoms with Crippen molar-refractivity contribution < 1.29 is 9.53 Å². The van der Waals surface area contributed by atoms with Gasteiger partial charge in [-0.15, -0.1) is 0 Å². The average molecular weight is 444 g/mol. The van der Waals surface area contributed by atoms with Crippen molar-refractivity contribution in [2.24, 2.45) is 0 Å². The lowest BCUT2D eigenvalue weighted by Gasteiger charge is -2.27. The van der Waals surface area contributed by atoms with Gasteiger partial charge < -0.3 is 9.64 Å². The van der Waals surface area contributed by atoms with E-state index in [1.54, 1.807) is 12.0 Å². The number of aromatic amines is 2. The van der Waals surface area contributed by atoms with Gasteiger partial charge in [0.15, 0.2) is 11.3 Å². The van der Waals surface area contributed by atoms with Gasteiger partial charge in [-0.05, 0) is 55.5 Å². The van der Waals surface area contributed by atoms with Crippen LogP contribution in [0.4, 0.5) is 0 Å². The summed E-state index contributed by atoms with van der Waals surface area (Å²) in [7, 11) is 1.63. The van der Waals surface area contributed by atoms with Crippen molar-refractivity contribution in [1.29, 1.82) is 0 Å². The first kappa shape index (κ1) is 19.8. The molecule has 2 N–H and O–H groups in total. The molecule has 0 atom stereocenters. The minimum absolute atomic E-state index is 0.116. The lowest BCUT2D eigenvalue weighted by atomic mass is 9.95. The van der Waals surface area contributed by atoms with E-state index in [0.29, 0.717) is 29.9 Å². The molecule has 0 saturated carbocycles. The van der Waals surface area contributed by atoms with Crippen LogP contribution in [-0.2, 0) is 25.8 Å². The van der Waals surface area contributed by atoms with Crippen molar-refractivity contribution >= 4 is 11.6 Å². The normalized spacial score (nSPS) is 15.4. The van der Waals surface area contributed by atoms with Crippen LogP contribution in [0.2, 0.25) is 0 Å². The Morgan fingerprint density at radius 3 is 2.73 bits per heavy atom. The number of aromatic nitrogens is 5. The summed E-state index contributed by atoms with van der Waals surface area (Å²) in [6.45, 7) is 0.757. The van der Waals surface area contributed by atoms with E-state index in [9.17, 15) is 9.59 Å². The highest BCUT2D eigenvalue weighted by molar-refractivity contribution is 5.94. The van der Waals surface area contributed by atoms with Crippen molar-refractivity contribution in [3.05, 3.63) is 68.9 Å². The van der Waals surface area contributed by atoms with Crippen LogP contribution in [0.5, 0.6) is 5.75 Å². The van der Waals surface area contributed by atoms with Gasteiger partial charge in [0, 0.05) is 30.3 Å². The smallest absolute Gasteiger partial charge is 0.277 e. The predicted octanol–water partition coefficient (Wildman–Crippen LogP) is 2.50. The van der Waals surface area contributed by atoms with Crippen molar-refractivity contribution in [1.82, 2.24) is 29.7 Å². The van der Waals surface area contributed by atoms with Gasteiger partial charge in [-0.25, -0.2) is 9.50 Å². The van der Waals surface area contributed by atoms with Gasteiger partial charge in [0.25, 0.3) is 11.5 Å². The molecule has 4 heterocycles. The maximum atomic E-state index is 13.3. The Morgan fingerprint density at radius 2 is 1.91 bits per heavy atom. The molecule has 0 saturated heterocycles. The van der Waals surface area contributed by atoms with Crippen molar-refractivity contribution in [2.45, 2.75) is 38.6 Å². The molecule has 1 aromatic carbocycles. The van der Waals surface area contributed by atoms with E-state index < -0.39 is 0 Å². The molecule has 0 fully saturated rings. The number of aryl methyl sites for hydroxylation is 1. The molecule has 2 aliphatic rings. The van der Waals surface area contributed by atoms with Crippen molar-refractivity contribution in [3.63, 3.8) is 0 Å². The number of carbonyl (C=O) groups is 1. The van der Waals surface area contributed by atoms with Gasteiger partial charge >= 0.3 is 0 Å². The molecular weight excluding hydrogens is 420 g/mol. The van der Waals surface area contributed by atoms with Gasteiger partial charge in [-0.3, -0.25) is 19.8 Å². The topological polar surface area (TPSA) is 108 Å². The fraction of sp³-hybridized carbons (Fsp3) is 0.333. The number of hydrogen-bond donors (Lipinski definition) is 2. The van der Waals surface area contributed by atoms with E-state index in [2.05, 4.69) is 15.3 Å². The van der Waals surface area contributed by atoms with Crippen LogP contribution >= 0.6 is 0 Å². The van der Waals surface area contributed by atoms with E-state index >= 15 is 0 Å². The number of methoxy groups -OCH3 is 1. The Bertz CT molecular complexity index is 1430. The van der Waals surface area contributed by atoms with Crippen LogP contribution in [0.15, 0.2) is 35.1 Å². The number of carbonyl (C=O) groups excluding carboxylic acids is 1. The predicted molar refractivity (Wildman–Crippen MR) is 121 cm³/mol. The molecule has 168 valence electrons. The molecule has 1 amide bonds. The number of amides is 1. The maximum absolute atomic E-state index is 13.3. The number of rotatable bonds is 3. The third-order valence-electron chi connectivity index (χ3n) is 6.71. The van der Waals surface area contributed by atoms with Crippen LogP contribution in [0.1, 0.15) is 45.8 Å². The molecular formula is C24H24N6O3. The molecule has 3 aromatic heterocycles. The highest BCUT2D eigenvalue weighted by Gasteiger charge is 2.30. The van der Waals surface area contributed by atoms with Crippen molar-refractivity contribution in [3.8, 4) is 17.0 Å². The van der Waals surface area contributed by atoms with Gasteiger partial charge in [0.2, 0.25) is 0 Å². The van der Waals surface area contributed by atoms with Gasteiger partial charge in [-0.1, -0.05) is 0 Å². The minimum Gasteiger partial charge on any atom is -0.497 e. The molecule has 0 spiro atoms. The largest absolute Gasteiger partial charge is 0.497 e. The summed E-state index contributed by atoms with van der Waals surface area (Å²) in [6.07, 6.45) is 4.54. The summed E-state index contributed by atoms with van der Waals surface area (Å²) in [6, 6.07) is 9.48. The molecule has 0 unspecified atom stereocenters. The minimum atomic E-state index is -0.170. The monoisotopic (exact) mass is 444 g/mol. The van der Waals surface area contributed by atoms with Gasteiger partial charge in [-0.2, -0.15) is 5.10 Å². The number of H-pyrrole nitrogens is 2. The quantitative estimate of drug-likeness (QED) is 0.505. The summed E-state index contributed by atoms with van der Waals surface area (Å²) in [4.78, 5) is 33.0. The fourth-order valence-electron chi connectivity index (χ4n) is 4.88. The number of nitrogens with one attached hydrogen (secondary N) is 2. The van der Waals surface area contributed by atoms with E-state index in [1.165, 1.54) is 4.52 Å². The molecule has 0 bridgehead atoms.